The molecule has 6 heteroatoms. The van der Waals surface area contributed by atoms with Gasteiger partial charge in [-0.15, -0.1) is 4.58 Å². The Morgan fingerprint density at radius 1 is 1.30 bits per heavy atom. The highest BCUT2D eigenvalue weighted by molar-refractivity contribution is 8.40. The zero-order valence-corrected chi connectivity index (χ0v) is 15.7. The summed E-state index contributed by atoms with van der Waals surface area (Å²) in [6.07, 6.45) is 1.96. The summed E-state index contributed by atoms with van der Waals surface area (Å²) in [4.78, 5) is 15.6. The van der Waals surface area contributed by atoms with Crippen LogP contribution in [0, 0.1) is 0 Å². The summed E-state index contributed by atoms with van der Waals surface area (Å²) in [5, 5.41) is 0. The summed E-state index contributed by atoms with van der Waals surface area (Å²) in [7, 11) is 5.69. The number of benzene rings is 1. The lowest BCUT2D eigenvalue weighted by Crippen LogP contribution is -2.28. The van der Waals surface area contributed by atoms with Crippen molar-refractivity contribution < 1.29 is 14.1 Å². The van der Waals surface area contributed by atoms with Crippen molar-refractivity contribution >= 4 is 39.9 Å². The van der Waals surface area contributed by atoms with Crippen LogP contribution < -0.4 is 4.74 Å². The van der Waals surface area contributed by atoms with E-state index in [1.54, 1.807) is 30.6 Å². The fourth-order valence-electron chi connectivity index (χ4n) is 2.08. The number of hydrogen-bond donors (Lipinski definition) is 0. The molecule has 1 heterocycles. The molecule has 1 aromatic rings. The molecule has 0 saturated carbocycles. The van der Waals surface area contributed by atoms with E-state index < -0.39 is 0 Å². The van der Waals surface area contributed by atoms with Crippen molar-refractivity contribution in [2.24, 2.45) is 0 Å². The number of thioether (sulfide) groups is 2. The highest BCUT2D eigenvalue weighted by Crippen LogP contribution is 2.33. The Kier molecular flexibility index (Phi) is 6.74. The van der Waals surface area contributed by atoms with Crippen molar-refractivity contribution in [2.75, 3.05) is 40.0 Å². The minimum Gasteiger partial charge on any atom is -0.497 e. The van der Waals surface area contributed by atoms with E-state index >= 15 is 0 Å². The molecular formula is C17H23N2O2S2+. The Labute approximate surface area is 146 Å². The number of carbonyl (C=O) groups excluding carboxylic acids is 1. The number of carbonyl (C=O) groups is 1. The molecule has 1 aliphatic heterocycles. The first-order chi connectivity index (χ1) is 11.0. The van der Waals surface area contributed by atoms with Gasteiger partial charge in [-0.3, -0.25) is 0 Å². The SMILES string of the molecule is CCSC1=[N+](CCN(C)C)C(=O)/C(=C/c2ccc(OC)cc2)S1. The van der Waals surface area contributed by atoms with Gasteiger partial charge in [-0.2, -0.15) is 0 Å². The molecule has 23 heavy (non-hydrogen) atoms. The lowest BCUT2D eigenvalue weighted by Gasteiger charge is -2.06. The minimum atomic E-state index is 0.101. The Hall–Kier alpha value is -1.24. The smallest absolute Gasteiger partial charge is 0.427 e. The van der Waals surface area contributed by atoms with Crippen molar-refractivity contribution in [3.8, 4) is 5.75 Å². The molecule has 124 valence electrons. The molecule has 2 rings (SSSR count). The van der Waals surface area contributed by atoms with Crippen LogP contribution in [0.1, 0.15) is 12.5 Å². The Morgan fingerprint density at radius 3 is 2.57 bits per heavy atom. The molecule has 1 amide bonds. The predicted molar refractivity (Wildman–Crippen MR) is 100 cm³/mol. The van der Waals surface area contributed by atoms with E-state index in [2.05, 4.69) is 11.8 Å². The highest BCUT2D eigenvalue weighted by atomic mass is 32.2. The summed E-state index contributed by atoms with van der Waals surface area (Å²) in [5.74, 6) is 1.88. The van der Waals surface area contributed by atoms with E-state index in [1.165, 1.54) is 0 Å². The second-order valence-electron chi connectivity index (χ2n) is 5.34. The largest absolute Gasteiger partial charge is 0.497 e. The summed E-state index contributed by atoms with van der Waals surface area (Å²) in [5.41, 5.74) is 1.01. The van der Waals surface area contributed by atoms with Crippen LogP contribution in [0.25, 0.3) is 6.08 Å². The number of rotatable bonds is 6. The molecule has 0 radical (unpaired) electrons. The van der Waals surface area contributed by atoms with Crippen molar-refractivity contribution in [3.05, 3.63) is 34.7 Å². The average molecular weight is 352 g/mol. The molecular weight excluding hydrogens is 328 g/mol. The Bertz CT molecular complexity index is 622. The number of amides is 1. The van der Waals surface area contributed by atoms with Gasteiger partial charge in [0.05, 0.1) is 13.7 Å². The first kappa shape index (κ1) is 18.1. The second-order valence-corrected chi connectivity index (χ2v) is 7.88. The monoisotopic (exact) mass is 351 g/mol. The number of methoxy groups -OCH3 is 1. The van der Waals surface area contributed by atoms with Crippen LogP contribution >= 0.6 is 23.5 Å². The van der Waals surface area contributed by atoms with Crippen LogP contribution in [0.3, 0.4) is 0 Å². The van der Waals surface area contributed by atoms with Gasteiger partial charge in [-0.05, 0) is 61.4 Å². The van der Waals surface area contributed by atoms with Gasteiger partial charge in [-0.25, -0.2) is 4.79 Å². The molecule has 0 atom stereocenters. The van der Waals surface area contributed by atoms with E-state index in [-0.39, 0.29) is 5.91 Å². The molecule has 0 spiro atoms. The molecule has 4 nitrogen and oxygen atoms in total. The topological polar surface area (TPSA) is 32.5 Å². The third-order valence-electron chi connectivity index (χ3n) is 3.33. The van der Waals surface area contributed by atoms with E-state index in [1.807, 2.05) is 49.0 Å². The van der Waals surface area contributed by atoms with Gasteiger partial charge in [0.1, 0.15) is 10.7 Å². The van der Waals surface area contributed by atoms with E-state index in [4.69, 9.17) is 4.74 Å². The van der Waals surface area contributed by atoms with Gasteiger partial charge in [-0.1, -0.05) is 19.1 Å². The van der Waals surface area contributed by atoms with E-state index in [0.29, 0.717) is 0 Å². The zero-order valence-electron chi connectivity index (χ0n) is 14.0. The van der Waals surface area contributed by atoms with Crippen LogP contribution in [0.2, 0.25) is 0 Å². The summed E-state index contributed by atoms with van der Waals surface area (Å²) >= 11 is 3.30. The van der Waals surface area contributed by atoms with Crippen molar-refractivity contribution in [3.63, 3.8) is 0 Å². The first-order valence-electron chi connectivity index (χ1n) is 7.55. The molecule has 0 N–H and O–H groups in total. The van der Waals surface area contributed by atoms with Gasteiger partial charge in [0.2, 0.25) is 0 Å². The zero-order chi connectivity index (χ0) is 16.8. The number of hydrogen-bond acceptors (Lipinski definition) is 5. The third kappa shape index (κ3) is 4.86. The van der Waals surface area contributed by atoms with E-state index in [9.17, 15) is 4.79 Å². The molecule has 0 saturated heterocycles. The van der Waals surface area contributed by atoms with Gasteiger partial charge >= 0.3 is 5.91 Å². The molecule has 1 aromatic carbocycles. The molecule has 0 fully saturated rings. The van der Waals surface area contributed by atoms with Crippen LogP contribution in [0.15, 0.2) is 29.2 Å². The Morgan fingerprint density at radius 2 is 2.00 bits per heavy atom. The third-order valence-corrected chi connectivity index (χ3v) is 5.59. The first-order valence-corrected chi connectivity index (χ1v) is 9.35. The van der Waals surface area contributed by atoms with Crippen LogP contribution in [-0.2, 0) is 4.79 Å². The van der Waals surface area contributed by atoms with Gasteiger partial charge in [0.25, 0.3) is 4.38 Å². The van der Waals surface area contributed by atoms with Crippen molar-refractivity contribution in [1.82, 2.24) is 4.90 Å². The van der Waals surface area contributed by atoms with E-state index in [0.717, 1.165) is 39.4 Å². The number of nitrogens with zero attached hydrogens (tertiary/aromatic N) is 2. The van der Waals surface area contributed by atoms with Crippen LogP contribution in [0.4, 0.5) is 0 Å². The number of ether oxygens (including phenoxy) is 1. The normalized spacial score (nSPS) is 16.7. The lowest BCUT2D eigenvalue weighted by molar-refractivity contribution is -0.437. The summed E-state index contributed by atoms with van der Waals surface area (Å²) in [6, 6.07) is 7.75. The average Bonchev–Trinajstić information content (AvgIpc) is 2.82. The maximum Gasteiger partial charge on any atom is 0.427 e. The fourth-order valence-corrected chi connectivity index (χ4v) is 4.38. The maximum atomic E-state index is 12.7. The molecule has 0 unspecified atom stereocenters. The highest BCUT2D eigenvalue weighted by Gasteiger charge is 2.37. The van der Waals surface area contributed by atoms with Crippen LogP contribution in [-0.4, -0.2) is 59.8 Å². The van der Waals surface area contributed by atoms with Crippen molar-refractivity contribution in [2.45, 2.75) is 6.92 Å². The summed E-state index contributed by atoms with van der Waals surface area (Å²) < 4.78 is 8.15. The van der Waals surface area contributed by atoms with Gasteiger partial charge < -0.3 is 9.64 Å². The lowest BCUT2D eigenvalue weighted by atomic mass is 10.2. The quantitative estimate of drug-likeness (QED) is 0.581. The predicted octanol–water partition coefficient (Wildman–Crippen LogP) is 2.99. The van der Waals surface area contributed by atoms with Gasteiger partial charge in [0.15, 0.2) is 6.54 Å². The fraction of sp³-hybridized carbons (Fsp3) is 0.412. The molecule has 0 aliphatic carbocycles. The summed E-state index contributed by atoms with van der Waals surface area (Å²) in [6.45, 7) is 3.69. The minimum absolute atomic E-state index is 0.101. The molecule has 1 aliphatic rings. The number of likely N-dealkylation sites (N-methyl/N-ethyl adjacent to an activating group) is 1. The van der Waals surface area contributed by atoms with Crippen LogP contribution in [0.5, 0.6) is 5.75 Å². The molecule has 0 aromatic heterocycles. The maximum absolute atomic E-state index is 12.7. The van der Waals surface area contributed by atoms with Crippen molar-refractivity contribution in [1.29, 1.82) is 0 Å². The standard InChI is InChI=1S/C17H23N2O2S2/c1-5-22-17-19(11-10-18(2)3)16(20)15(23-17)12-13-6-8-14(21-4)9-7-13/h6-9,12H,5,10-11H2,1-4H3/q+1/b15-12-. The Balaban J connectivity index is 2.18. The molecule has 0 bridgehead atoms. The van der Waals surface area contributed by atoms with Gasteiger partial charge in [0, 0.05) is 5.75 Å². The second kappa shape index (κ2) is 8.57.